The van der Waals surface area contributed by atoms with Crippen molar-refractivity contribution in [3.8, 4) is 0 Å². The standard InChI is InChI=1S/C26H22ClN5O3/c1-18-7-9-20(10-8-18)16-29-32-26(35)24(25(34)28-15-19-5-3-2-4-6-19)31(30-32)17-23(33)21-11-13-22(27)14-12-21/h2-14,16H,15,17H2,1H3,(H-,28,30,34,35)/p+1/b29-16+. The van der Waals surface area contributed by atoms with Gasteiger partial charge >= 0.3 is 17.2 Å². The number of halogens is 1. The number of carbonyl (C=O) groups excluding carboxylic acids is 2. The highest BCUT2D eigenvalue weighted by atomic mass is 35.5. The quantitative estimate of drug-likeness (QED) is 0.226. The molecule has 0 aliphatic carbocycles. The molecule has 1 amide bonds. The number of Topliss-reactive ketones (excluding diaryl/α,β-unsaturated/α-hetero) is 1. The van der Waals surface area contributed by atoms with Crippen molar-refractivity contribution in [3.63, 3.8) is 0 Å². The third-order valence-corrected chi connectivity index (χ3v) is 5.51. The minimum Gasteiger partial charge on any atom is -0.345 e. The van der Waals surface area contributed by atoms with E-state index >= 15 is 0 Å². The van der Waals surface area contributed by atoms with Gasteiger partial charge in [0.05, 0.1) is 6.21 Å². The highest BCUT2D eigenvalue weighted by Gasteiger charge is 2.30. The van der Waals surface area contributed by atoms with E-state index in [2.05, 4.69) is 15.6 Å². The van der Waals surface area contributed by atoms with Crippen molar-refractivity contribution < 1.29 is 14.3 Å². The monoisotopic (exact) mass is 488 g/mol. The largest absolute Gasteiger partial charge is 0.432 e. The zero-order valence-electron chi connectivity index (χ0n) is 18.9. The molecule has 0 spiro atoms. The van der Waals surface area contributed by atoms with Crippen molar-refractivity contribution in [1.82, 2.24) is 15.3 Å². The Bertz CT molecular complexity index is 1420. The van der Waals surface area contributed by atoms with Crippen LogP contribution < -0.4 is 15.6 Å². The van der Waals surface area contributed by atoms with Gasteiger partial charge in [0, 0.05) is 21.9 Å². The molecule has 0 fully saturated rings. The number of aromatic nitrogens is 3. The summed E-state index contributed by atoms with van der Waals surface area (Å²) in [7, 11) is 0. The molecule has 0 atom stereocenters. The van der Waals surface area contributed by atoms with E-state index in [0.717, 1.165) is 21.5 Å². The molecule has 8 nitrogen and oxygen atoms in total. The topological polar surface area (TPSA) is 100 Å². The number of ketones is 1. The summed E-state index contributed by atoms with van der Waals surface area (Å²) in [5.41, 5.74) is 2.23. The van der Waals surface area contributed by atoms with E-state index in [0.29, 0.717) is 10.6 Å². The van der Waals surface area contributed by atoms with Crippen molar-refractivity contribution in [2.45, 2.75) is 20.0 Å². The SMILES string of the molecule is Cc1ccc(/C=N/n2[nH][n+](CC(=O)c3ccc(Cl)cc3)c(C(=O)NCc3ccccc3)c2=O)cc1. The minimum atomic E-state index is -0.678. The van der Waals surface area contributed by atoms with Crippen LogP contribution in [0, 0.1) is 6.92 Å². The Morgan fingerprint density at radius 3 is 2.40 bits per heavy atom. The molecule has 1 aromatic heterocycles. The molecule has 1 heterocycles. The van der Waals surface area contributed by atoms with Gasteiger partial charge < -0.3 is 5.32 Å². The number of H-pyrrole nitrogens is 1. The van der Waals surface area contributed by atoms with Crippen LogP contribution in [0.15, 0.2) is 88.8 Å². The van der Waals surface area contributed by atoms with Crippen LogP contribution in [-0.2, 0) is 13.1 Å². The number of amides is 1. The number of nitrogens with one attached hydrogen (secondary N) is 2. The third kappa shape index (κ3) is 5.99. The summed E-state index contributed by atoms with van der Waals surface area (Å²) in [4.78, 5) is 39.9. The lowest BCUT2D eigenvalue weighted by molar-refractivity contribution is -0.744. The molecule has 176 valence electrons. The molecule has 3 aromatic carbocycles. The van der Waals surface area contributed by atoms with Crippen molar-refractivity contribution in [1.29, 1.82) is 0 Å². The predicted octanol–water partition coefficient (Wildman–Crippen LogP) is 3.12. The van der Waals surface area contributed by atoms with Crippen LogP contribution >= 0.6 is 11.6 Å². The molecule has 4 rings (SSSR count). The lowest BCUT2D eigenvalue weighted by atomic mass is 10.1. The molecular weight excluding hydrogens is 466 g/mol. The molecule has 0 aliphatic heterocycles. The maximum absolute atomic E-state index is 13.1. The first kappa shape index (κ1) is 23.8. The van der Waals surface area contributed by atoms with Gasteiger partial charge in [0.25, 0.3) is 0 Å². The molecule has 0 bridgehead atoms. The summed E-state index contributed by atoms with van der Waals surface area (Å²) < 4.78 is 1.20. The molecule has 35 heavy (non-hydrogen) atoms. The molecule has 0 aliphatic rings. The van der Waals surface area contributed by atoms with Gasteiger partial charge in [-0.05, 0) is 42.3 Å². The second-order valence-electron chi connectivity index (χ2n) is 7.91. The van der Waals surface area contributed by atoms with E-state index in [4.69, 9.17) is 11.6 Å². The average Bonchev–Trinajstić information content (AvgIpc) is 3.17. The molecule has 0 saturated heterocycles. The average molecular weight is 489 g/mol. The number of carbonyl (C=O) groups is 2. The third-order valence-electron chi connectivity index (χ3n) is 5.26. The fourth-order valence-electron chi connectivity index (χ4n) is 3.35. The summed E-state index contributed by atoms with van der Waals surface area (Å²) in [6.45, 7) is 1.93. The second-order valence-corrected chi connectivity index (χ2v) is 8.34. The molecule has 0 saturated carbocycles. The minimum absolute atomic E-state index is 0.224. The van der Waals surface area contributed by atoms with Crippen LogP contribution in [0.4, 0.5) is 0 Å². The van der Waals surface area contributed by atoms with Crippen LogP contribution in [-0.4, -0.2) is 27.9 Å². The first-order valence-electron chi connectivity index (χ1n) is 10.9. The van der Waals surface area contributed by atoms with E-state index in [-0.39, 0.29) is 24.6 Å². The molecule has 0 unspecified atom stereocenters. The van der Waals surface area contributed by atoms with Crippen LogP contribution in [0.5, 0.6) is 0 Å². The first-order chi connectivity index (χ1) is 16.9. The fourth-order valence-corrected chi connectivity index (χ4v) is 3.47. The van der Waals surface area contributed by atoms with Crippen LogP contribution in [0.25, 0.3) is 0 Å². The molecule has 2 N–H and O–H groups in total. The van der Waals surface area contributed by atoms with Gasteiger partial charge in [-0.25, -0.2) is 4.79 Å². The summed E-state index contributed by atoms with van der Waals surface area (Å²) in [6.07, 6.45) is 1.49. The van der Waals surface area contributed by atoms with Gasteiger partial charge in [-0.1, -0.05) is 82.1 Å². The van der Waals surface area contributed by atoms with Crippen molar-refractivity contribution >= 4 is 29.5 Å². The summed E-state index contributed by atoms with van der Waals surface area (Å²) >= 11 is 5.91. The van der Waals surface area contributed by atoms with E-state index in [1.165, 1.54) is 10.9 Å². The number of aryl methyl sites for hydroxylation is 1. The van der Waals surface area contributed by atoms with Crippen LogP contribution in [0.1, 0.15) is 37.5 Å². The number of benzene rings is 3. The highest BCUT2D eigenvalue weighted by molar-refractivity contribution is 6.30. The molecule has 9 heteroatoms. The summed E-state index contributed by atoms with van der Waals surface area (Å²) in [6, 6.07) is 23.3. The van der Waals surface area contributed by atoms with E-state index < -0.39 is 11.5 Å². The Balaban J connectivity index is 1.63. The lowest BCUT2D eigenvalue weighted by Gasteiger charge is -2.04. The van der Waals surface area contributed by atoms with Crippen molar-refractivity contribution in [2.75, 3.05) is 0 Å². The van der Waals surface area contributed by atoms with E-state index in [1.807, 2.05) is 61.5 Å². The van der Waals surface area contributed by atoms with Gasteiger partial charge in [0.2, 0.25) is 5.78 Å². The summed E-state index contributed by atoms with van der Waals surface area (Å²) in [5, 5.41) is 10.1. The van der Waals surface area contributed by atoms with Gasteiger partial charge in [-0.2, -0.15) is 0 Å². The molecular formula is C26H23ClN5O3+. The Morgan fingerprint density at radius 2 is 1.71 bits per heavy atom. The molecule has 4 aromatic rings. The highest BCUT2D eigenvalue weighted by Crippen LogP contribution is 2.10. The number of rotatable bonds is 8. The number of hydrogen-bond donors (Lipinski definition) is 2. The smallest absolute Gasteiger partial charge is 0.345 e. The fraction of sp³-hybridized carbons (Fsp3) is 0.115. The Kier molecular flexibility index (Phi) is 7.32. The van der Waals surface area contributed by atoms with Crippen molar-refractivity contribution in [3.05, 3.63) is 122 Å². The normalized spacial score (nSPS) is 11.0. The maximum atomic E-state index is 13.1. The van der Waals surface area contributed by atoms with Gasteiger partial charge in [0.15, 0.2) is 6.54 Å². The second kappa shape index (κ2) is 10.8. The van der Waals surface area contributed by atoms with E-state index in [9.17, 15) is 14.4 Å². The Morgan fingerprint density at radius 1 is 1.03 bits per heavy atom. The zero-order valence-corrected chi connectivity index (χ0v) is 19.7. The Labute approximate surface area is 206 Å². The summed E-state index contributed by atoms with van der Waals surface area (Å²) in [5.74, 6) is -0.928. The van der Waals surface area contributed by atoms with Crippen LogP contribution in [0.3, 0.4) is 0 Å². The number of aromatic amines is 1. The number of hydrogen-bond acceptors (Lipinski definition) is 4. The zero-order chi connectivity index (χ0) is 24.8. The maximum Gasteiger partial charge on any atom is 0.432 e. The first-order valence-corrected chi connectivity index (χ1v) is 11.3. The Hall–Kier alpha value is -4.30. The lowest BCUT2D eigenvalue weighted by Crippen LogP contribution is -2.48. The van der Waals surface area contributed by atoms with E-state index in [1.54, 1.807) is 24.3 Å². The predicted molar refractivity (Wildman–Crippen MR) is 133 cm³/mol. The van der Waals surface area contributed by atoms with Gasteiger partial charge in [-0.3, -0.25) is 9.59 Å². The van der Waals surface area contributed by atoms with Crippen LogP contribution in [0.2, 0.25) is 5.02 Å². The molecule has 0 radical (unpaired) electrons. The van der Waals surface area contributed by atoms with Gasteiger partial charge in [0.1, 0.15) is 0 Å². The number of nitrogens with zero attached hydrogens (tertiary/aromatic N) is 3. The van der Waals surface area contributed by atoms with Crippen molar-refractivity contribution in [2.24, 2.45) is 5.10 Å². The van der Waals surface area contributed by atoms with Gasteiger partial charge in [-0.15, -0.1) is 4.68 Å².